The van der Waals surface area contributed by atoms with Crippen molar-refractivity contribution in [2.24, 2.45) is 12.2 Å². The molecule has 0 aliphatic carbocycles. The Kier molecular flexibility index (Phi) is 6.41. The summed E-state index contributed by atoms with van der Waals surface area (Å²) in [5.41, 5.74) is -0.282. The molecule has 19 heteroatoms. The van der Waals surface area contributed by atoms with Crippen LogP contribution in [0.2, 0.25) is 0 Å². The number of ether oxygens (including phenoxy) is 1. The average Bonchev–Trinajstić information content (AvgIpc) is 3.15. The molecule has 1 aromatic heterocycles. The maximum atomic E-state index is 12.9. The van der Waals surface area contributed by atoms with Crippen LogP contribution in [0.4, 0.5) is 9.59 Å². The molecule has 1 aromatic rings. The van der Waals surface area contributed by atoms with E-state index in [2.05, 4.69) is 24.1 Å². The molecular weight excluding hydrogens is 502 g/mol. The standard InChI is InChI=1S/C15H23N7O10S2/c1-15(2,3)30-13(23)19-33(25,26)31-18-12(16-4)11-10-8(6-17-20(10)5)9-7-21(11)14(24)22(9)32-34(27,28)29/h6,9,11H,7H2,1-5H3,(H,16,18)(H,19,23)(H,27,28,29)/t9-,11-/m0/s1. The molecule has 2 atom stereocenters. The van der Waals surface area contributed by atoms with Gasteiger partial charge >= 0.3 is 32.8 Å². The second kappa shape index (κ2) is 8.56. The first kappa shape index (κ1) is 25.5. The molecule has 3 rings (SSSR count). The summed E-state index contributed by atoms with van der Waals surface area (Å²) in [6.07, 6.45) is 0.0639. The fourth-order valence-electron chi connectivity index (χ4n) is 3.45. The minimum atomic E-state index is -5.02. The number of carbonyl (C=O) groups excluding carboxylic acids is 2. The van der Waals surface area contributed by atoms with Crippen LogP contribution in [0.5, 0.6) is 0 Å². The number of oxime groups is 1. The number of nitrogens with one attached hydrogen (secondary N) is 2. The monoisotopic (exact) mass is 525 g/mol. The van der Waals surface area contributed by atoms with Crippen molar-refractivity contribution in [3.63, 3.8) is 0 Å². The average molecular weight is 526 g/mol. The summed E-state index contributed by atoms with van der Waals surface area (Å²) in [5, 5.41) is 10.7. The lowest BCUT2D eigenvalue weighted by atomic mass is 9.97. The number of rotatable bonds is 6. The SMILES string of the molecule is CN/C(=N\OS(=O)(=O)NC(=O)OC(C)(C)C)[C@@H]1c2c(cnn2C)[C@@H]2CN1C(=O)N2OS(=O)(=O)O. The fourth-order valence-corrected chi connectivity index (χ4v) is 4.28. The van der Waals surface area contributed by atoms with Crippen LogP contribution >= 0.6 is 0 Å². The normalized spacial score (nSPS) is 20.8. The van der Waals surface area contributed by atoms with Crippen molar-refractivity contribution in [2.45, 2.75) is 38.5 Å². The first-order valence-electron chi connectivity index (χ1n) is 9.51. The maximum Gasteiger partial charge on any atom is 0.431 e. The van der Waals surface area contributed by atoms with E-state index < -0.39 is 50.5 Å². The third-order valence-corrected chi connectivity index (χ3v) is 5.60. The smallest absolute Gasteiger partial charge is 0.431 e. The van der Waals surface area contributed by atoms with Crippen LogP contribution in [0.25, 0.3) is 0 Å². The summed E-state index contributed by atoms with van der Waals surface area (Å²) in [6.45, 7) is 4.48. The van der Waals surface area contributed by atoms with Gasteiger partial charge in [-0.05, 0) is 25.9 Å². The third kappa shape index (κ3) is 5.32. The summed E-state index contributed by atoms with van der Waals surface area (Å²) in [7, 11) is -6.88. The van der Waals surface area contributed by atoms with E-state index in [1.54, 1.807) is 0 Å². The van der Waals surface area contributed by atoms with Crippen LogP contribution in [-0.2, 0) is 41.1 Å². The van der Waals surface area contributed by atoms with Gasteiger partial charge in [0.05, 0.1) is 18.4 Å². The van der Waals surface area contributed by atoms with Gasteiger partial charge in [0.15, 0.2) is 5.84 Å². The topological polar surface area (TPSA) is 211 Å². The van der Waals surface area contributed by atoms with Gasteiger partial charge in [-0.1, -0.05) is 0 Å². The number of amidine groups is 1. The number of hydrogen-bond donors (Lipinski definition) is 3. The second-order valence-corrected chi connectivity index (χ2v) is 10.4. The highest BCUT2D eigenvalue weighted by Crippen LogP contribution is 2.44. The number of hydrogen-bond acceptors (Lipinski definition) is 11. The molecule has 0 spiro atoms. The largest absolute Gasteiger partial charge is 0.443 e. The molecule has 34 heavy (non-hydrogen) atoms. The van der Waals surface area contributed by atoms with Crippen LogP contribution in [0.1, 0.15) is 44.1 Å². The molecule has 1 fully saturated rings. The van der Waals surface area contributed by atoms with Crippen molar-refractivity contribution in [3.05, 3.63) is 17.5 Å². The van der Waals surface area contributed by atoms with E-state index in [1.807, 2.05) is 0 Å². The number of aryl methyl sites for hydroxylation is 1. The van der Waals surface area contributed by atoms with E-state index >= 15 is 0 Å². The highest BCUT2D eigenvalue weighted by atomic mass is 32.3. The number of hydroxylamine groups is 2. The molecule has 0 aromatic carbocycles. The van der Waals surface area contributed by atoms with Gasteiger partial charge in [0.25, 0.3) is 0 Å². The van der Waals surface area contributed by atoms with Crippen LogP contribution in [0.15, 0.2) is 11.4 Å². The zero-order chi connectivity index (χ0) is 25.6. The Hall–Kier alpha value is -3.16. The van der Waals surface area contributed by atoms with Crippen molar-refractivity contribution in [3.8, 4) is 0 Å². The van der Waals surface area contributed by atoms with Gasteiger partial charge in [0.2, 0.25) is 0 Å². The van der Waals surface area contributed by atoms with E-state index in [9.17, 15) is 26.4 Å². The Balaban J connectivity index is 1.92. The Morgan fingerprint density at radius 1 is 1.29 bits per heavy atom. The van der Waals surface area contributed by atoms with Crippen LogP contribution in [-0.4, -0.2) is 78.3 Å². The molecule has 3 heterocycles. The molecule has 190 valence electrons. The Morgan fingerprint density at radius 2 is 1.94 bits per heavy atom. The number of likely N-dealkylation sites (N-methyl/N-ethyl adjacent to an activating group) is 1. The molecule has 17 nitrogen and oxygen atoms in total. The zero-order valence-corrected chi connectivity index (χ0v) is 20.2. The Bertz CT molecular complexity index is 1230. The summed E-state index contributed by atoms with van der Waals surface area (Å²) < 4.78 is 72.5. The van der Waals surface area contributed by atoms with Crippen LogP contribution in [0.3, 0.4) is 0 Å². The molecule has 2 aliphatic heterocycles. The molecule has 3 amide bonds. The quantitative estimate of drug-likeness (QED) is 0.182. The van der Waals surface area contributed by atoms with E-state index in [0.717, 1.165) is 4.90 Å². The number of nitrogens with zero attached hydrogens (tertiary/aromatic N) is 5. The second-order valence-electron chi connectivity index (χ2n) is 8.15. The van der Waals surface area contributed by atoms with E-state index in [0.29, 0.717) is 16.3 Å². The number of aromatic nitrogens is 2. The van der Waals surface area contributed by atoms with Gasteiger partial charge in [-0.2, -0.15) is 31.7 Å². The first-order valence-corrected chi connectivity index (χ1v) is 12.3. The molecule has 0 radical (unpaired) electrons. The van der Waals surface area contributed by atoms with Gasteiger partial charge in [0.1, 0.15) is 17.7 Å². The summed E-state index contributed by atoms with van der Waals surface area (Å²) in [4.78, 5) is 25.7. The molecule has 2 bridgehead atoms. The molecule has 0 saturated carbocycles. The number of amides is 3. The highest BCUT2D eigenvalue weighted by Gasteiger charge is 2.53. The molecule has 3 N–H and O–H groups in total. The summed E-state index contributed by atoms with van der Waals surface area (Å²) in [5.74, 6) is -0.208. The molecular formula is C15H23N7O10S2. The van der Waals surface area contributed by atoms with E-state index in [-0.39, 0.29) is 12.4 Å². The van der Waals surface area contributed by atoms with Gasteiger partial charge in [0, 0.05) is 19.7 Å². The third-order valence-electron chi connectivity index (χ3n) is 4.56. The maximum absolute atomic E-state index is 12.9. The van der Waals surface area contributed by atoms with Gasteiger partial charge in [-0.15, -0.1) is 4.28 Å². The lowest BCUT2D eigenvalue weighted by Gasteiger charge is -2.31. The molecule has 2 aliphatic rings. The minimum Gasteiger partial charge on any atom is -0.443 e. The fraction of sp³-hybridized carbons (Fsp3) is 0.600. The Morgan fingerprint density at radius 3 is 2.50 bits per heavy atom. The highest BCUT2D eigenvalue weighted by molar-refractivity contribution is 7.85. The zero-order valence-electron chi connectivity index (χ0n) is 18.6. The van der Waals surface area contributed by atoms with Gasteiger partial charge in [-0.25, -0.2) is 9.59 Å². The number of urea groups is 1. The molecule has 0 unspecified atom stereocenters. The Labute approximate surface area is 194 Å². The van der Waals surface area contributed by atoms with Crippen molar-refractivity contribution >= 4 is 38.7 Å². The molecule has 1 saturated heterocycles. The summed E-state index contributed by atoms with van der Waals surface area (Å²) >= 11 is 0. The van der Waals surface area contributed by atoms with Crippen molar-refractivity contribution < 1.29 is 44.3 Å². The van der Waals surface area contributed by atoms with Crippen LogP contribution < -0.4 is 10.0 Å². The van der Waals surface area contributed by atoms with E-state index in [4.69, 9.17) is 9.29 Å². The lowest BCUT2D eigenvalue weighted by molar-refractivity contribution is -0.0316. The minimum absolute atomic E-state index is 0.110. The number of fused-ring (bicyclic) bond motifs is 4. The lowest BCUT2D eigenvalue weighted by Crippen LogP contribution is -2.44. The van der Waals surface area contributed by atoms with E-state index in [1.165, 1.54) is 50.5 Å². The number of carbonyl (C=O) groups is 2. The van der Waals surface area contributed by atoms with Crippen molar-refractivity contribution in [1.82, 2.24) is 29.8 Å². The van der Waals surface area contributed by atoms with Crippen LogP contribution in [0, 0.1) is 0 Å². The predicted octanol–water partition coefficient (Wildman–Crippen LogP) is -0.693. The summed E-state index contributed by atoms with van der Waals surface area (Å²) in [6, 6.07) is -3.02. The predicted molar refractivity (Wildman–Crippen MR) is 111 cm³/mol. The van der Waals surface area contributed by atoms with Crippen molar-refractivity contribution in [2.75, 3.05) is 13.6 Å². The van der Waals surface area contributed by atoms with Gasteiger partial charge in [-0.3, -0.25) is 13.5 Å². The first-order chi connectivity index (χ1) is 15.5. The van der Waals surface area contributed by atoms with Crippen molar-refractivity contribution in [1.29, 1.82) is 0 Å². The van der Waals surface area contributed by atoms with Gasteiger partial charge < -0.3 is 15.0 Å².